The third-order valence-corrected chi connectivity index (χ3v) is 3.61. The lowest BCUT2D eigenvalue weighted by Crippen LogP contribution is -2.25. The Morgan fingerprint density at radius 3 is 2.47 bits per heavy atom. The molecule has 0 bridgehead atoms. The Labute approximate surface area is 102 Å². The van der Waals surface area contributed by atoms with E-state index < -0.39 is 0 Å². The van der Waals surface area contributed by atoms with Gasteiger partial charge in [0, 0.05) is 13.6 Å². The predicted octanol–water partition coefficient (Wildman–Crippen LogP) is 2.63. The molecule has 0 fully saturated rings. The first-order valence-electron chi connectivity index (χ1n) is 5.31. The highest BCUT2D eigenvalue weighted by molar-refractivity contribution is 7.74. The van der Waals surface area contributed by atoms with Gasteiger partial charge in [0.05, 0.1) is 14.7 Å². The zero-order valence-corrected chi connectivity index (χ0v) is 11.2. The van der Waals surface area contributed by atoms with E-state index >= 15 is 0 Å². The van der Waals surface area contributed by atoms with Crippen LogP contribution in [-0.2, 0) is 6.42 Å². The van der Waals surface area contributed by atoms with Crippen molar-refractivity contribution in [2.75, 3.05) is 32.1 Å². The quantitative estimate of drug-likeness (QED) is 0.609. The first-order valence-corrected chi connectivity index (χ1v) is 6.13. The van der Waals surface area contributed by atoms with Crippen molar-refractivity contribution in [3.05, 3.63) is 14.6 Å². The summed E-state index contributed by atoms with van der Waals surface area (Å²) in [6.07, 6.45) is 2.12. The number of hydrogen-bond donors (Lipinski definition) is 1. The third kappa shape index (κ3) is 2.62. The van der Waals surface area contributed by atoms with E-state index in [1.165, 1.54) is 11.3 Å². The zero-order chi connectivity index (χ0) is 11.4. The van der Waals surface area contributed by atoms with Crippen molar-refractivity contribution in [2.45, 2.75) is 19.8 Å². The van der Waals surface area contributed by atoms with Crippen LogP contribution in [0.1, 0.15) is 18.9 Å². The Kier molecular flexibility index (Phi) is 4.83. The molecule has 15 heavy (non-hydrogen) atoms. The number of rotatable bonds is 6. The first kappa shape index (κ1) is 12.7. The average Bonchev–Trinajstić information content (AvgIpc) is 2.24. The van der Waals surface area contributed by atoms with Crippen molar-refractivity contribution in [3.63, 3.8) is 0 Å². The maximum atomic E-state index is 5.27. The van der Waals surface area contributed by atoms with E-state index in [4.69, 9.17) is 24.4 Å². The van der Waals surface area contributed by atoms with Crippen LogP contribution in [0.4, 0.5) is 5.69 Å². The largest absolute Gasteiger partial charge is 0.373 e. The van der Waals surface area contributed by atoms with Gasteiger partial charge in [-0.2, -0.15) is 0 Å². The Bertz CT molecular complexity index is 391. The highest BCUT2D eigenvalue weighted by Crippen LogP contribution is 2.29. The lowest BCUT2D eigenvalue weighted by Gasteiger charge is -2.25. The maximum Gasteiger partial charge on any atom is 0.0798 e. The summed E-state index contributed by atoms with van der Waals surface area (Å²) in [6.45, 7) is 4.20. The van der Waals surface area contributed by atoms with Crippen molar-refractivity contribution in [1.82, 2.24) is 5.32 Å². The number of nitrogens with zero attached hydrogens (tertiary/aromatic N) is 1. The molecule has 0 unspecified atom stereocenters. The summed E-state index contributed by atoms with van der Waals surface area (Å²) < 4.78 is 1.79. The Morgan fingerprint density at radius 2 is 1.93 bits per heavy atom. The van der Waals surface area contributed by atoms with Crippen LogP contribution >= 0.6 is 24.4 Å². The highest BCUT2D eigenvalue weighted by Gasteiger charge is 2.15. The summed E-state index contributed by atoms with van der Waals surface area (Å²) in [7, 11) is 4.06. The molecule has 0 saturated carbocycles. The van der Waals surface area contributed by atoms with Gasteiger partial charge in [-0.1, -0.05) is 31.4 Å². The van der Waals surface area contributed by atoms with E-state index in [9.17, 15) is 0 Å². The normalized spacial score (nSPS) is 10.9. The number of nitrogens with one attached hydrogen (secondary N) is 1. The van der Waals surface area contributed by atoms with Crippen LogP contribution in [0, 0.1) is 9.02 Å². The van der Waals surface area contributed by atoms with Crippen molar-refractivity contribution < 1.29 is 0 Å². The van der Waals surface area contributed by atoms with Gasteiger partial charge in [0.2, 0.25) is 0 Å². The Hall–Kier alpha value is -0.320. The van der Waals surface area contributed by atoms with Gasteiger partial charge in [0.15, 0.2) is 0 Å². The van der Waals surface area contributed by atoms with E-state index in [2.05, 4.69) is 24.2 Å². The molecule has 4 heteroatoms. The Balaban J connectivity index is 2.66. The van der Waals surface area contributed by atoms with Crippen LogP contribution in [0.3, 0.4) is 0 Å². The summed E-state index contributed by atoms with van der Waals surface area (Å²) in [6, 6.07) is 0. The van der Waals surface area contributed by atoms with Crippen LogP contribution in [0.15, 0.2) is 0 Å². The van der Waals surface area contributed by atoms with E-state index in [-0.39, 0.29) is 0 Å². The lowest BCUT2D eigenvalue weighted by molar-refractivity contribution is 0.710. The molecule has 0 heterocycles. The predicted molar refractivity (Wildman–Crippen MR) is 71.7 cm³/mol. The van der Waals surface area contributed by atoms with Gasteiger partial charge in [0.1, 0.15) is 0 Å². The summed E-state index contributed by atoms with van der Waals surface area (Å²) >= 11 is 10.5. The second kappa shape index (κ2) is 5.68. The smallest absolute Gasteiger partial charge is 0.0798 e. The van der Waals surface area contributed by atoms with E-state index in [1.54, 1.807) is 0 Å². The van der Waals surface area contributed by atoms with E-state index in [1.807, 2.05) is 7.05 Å². The lowest BCUT2D eigenvalue weighted by atomic mass is 10.1. The summed E-state index contributed by atoms with van der Waals surface area (Å²) in [5.41, 5.74) is 2.47. The van der Waals surface area contributed by atoms with Gasteiger partial charge in [-0.25, -0.2) is 0 Å². The molecular weight excluding hydrogens is 224 g/mol. The molecule has 0 atom stereocenters. The monoisotopic (exact) mass is 242 g/mol. The second-order valence-electron chi connectivity index (χ2n) is 3.72. The van der Waals surface area contributed by atoms with E-state index in [0.717, 1.165) is 35.0 Å². The van der Waals surface area contributed by atoms with E-state index in [0.29, 0.717) is 0 Å². The standard InChI is InChI=1S/C11H18N2S2/c1-4-8-9(11(15)10(8)14)13(3)7-5-6-12-2/h12H,4-7H2,1-3H3. The van der Waals surface area contributed by atoms with Gasteiger partial charge >= 0.3 is 0 Å². The first-order chi connectivity index (χ1) is 7.13. The molecule has 1 rings (SSSR count). The van der Waals surface area contributed by atoms with Crippen molar-refractivity contribution in [2.24, 2.45) is 0 Å². The fourth-order valence-electron chi connectivity index (χ4n) is 1.76. The molecule has 0 radical (unpaired) electrons. The van der Waals surface area contributed by atoms with Crippen molar-refractivity contribution in [3.8, 4) is 0 Å². The number of anilines is 1. The fourth-order valence-corrected chi connectivity index (χ4v) is 2.50. The summed E-state index contributed by atoms with van der Waals surface area (Å²) in [5.74, 6) is 0. The number of hydrogen-bond acceptors (Lipinski definition) is 4. The van der Waals surface area contributed by atoms with Gasteiger partial charge < -0.3 is 10.2 Å². The molecule has 0 saturated heterocycles. The van der Waals surface area contributed by atoms with Crippen LogP contribution in [0.25, 0.3) is 0 Å². The molecule has 2 nitrogen and oxygen atoms in total. The molecular formula is C11H18N2S2. The molecule has 0 aliphatic heterocycles. The summed E-state index contributed by atoms with van der Waals surface area (Å²) in [5, 5.41) is 3.14. The molecule has 0 amide bonds. The van der Waals surface area contributed by atoms with Gasteiger partial charge in [-0.15, -0.1) is 0 Å². The molecule has 84 valence electrons. The van der Waals surface area contributed by atoms with Crippen LogP contribution in [0.5, 0.6) is 0 Å². The molecule has 1 aromatic rings. The molecule has 1 aromatic carbocycles. The van der Waals surface area contributed by atoms with Gasteiger partial charge in [-0.3, -0.25) is 0 Å². The zero-order valence-electron chi connectivity index (χ0n) is 9.59. The van der Waals surface area contributed by atoms with Gasteiger partial charge in [0.25, 0.3) is 0 Å². The van der Waals surface area contributed by atoms with Gasteiger partial charge in [-0.05, 0) is 32.0 Å². The molecule has 0 aromatic heterocycles. The fraction of sp³-hybridized carbons (Fsp3) is 0.636. The van der Waals surface area contributed by atoms with Crippen molar-refractivity contribution in [1.29, 1.82) is 0 Å². The third-order valence-electron chi connectivity index (χ3n) is 2.64. The summed E-state index contributed by atoms with van der Waals surface area (Å²) in [4.78, 5) is 2.23. The second-order valence-corrected chi connectivity index (χ2v) is 4.53. The minimum Gasteiger partial charge on any atom is -0.373 e. The SMILES string of the molecule is CCc1c(N(C)CCCNC)c(=S)c1=S. The molecule has 0 aliphatic carbocycles. The topological polar surface area (TPSA) is 15.3 Å². The molecule has 1 N–H and O–H groups in total. The average molecular weight is 242 g/mol. The molecule has 0 spiro atoms. The van der Waals surface area contributed by atoms with Crippen LogP contribution < -0.4 is 10.2 Å². The van der Waals surface area contributed by atoms with Crippen LogP contribution in [0.2, 0.25) is 0 Å². The van der Waals surface area contributed by atoms with Crippen LogP contribution in [-0.4, -0.2) is 27.2 Å². The maximum absolute atomic E-state index is 5.27. The minimum absolute atomic E-state index is 0.883. The minimum atomic E-state index is 0.883. The highest BCUT2D eigenvalue weighted by atomic mass is 32.1. The molecule has 0 aliphatic rings. The van der Waals surface area contributed by atoms with Crippen molar-refractivity contribution >= 4 is 30.1 Å². The Morgan fingerprint density at radius 1 is 1.27 bits per heavy atom.